The van der Waals surface area contributed by atoms with E-state index < -0.39 is 0 Å². The predicted molar refractivity (Wildman–Crippen MR) is 73.1 cm³/mol. The Labute approximate surface area is 111 Å². The second kappa shape index (κ2) is 5.02. The average molecular weight is 250 g/mol. The number of nitrogens with zero attached hydrogens (tertiary/aromatic N) is 4. The quantitative estimate of drug-likeness (QED) is 0.718. The van der Waals surface area contributed by atoms with Gasteiger partial charge in [-0.2, -0.15) is 0 Å². The van der Waals surface area contributed by atoms with E-state index in [1.807, 2.05) is 48.5 Å². The zero-order valence-electron chi connectivity index (χ0n) is 10.6. The summed E-state index contributed by atoms with van der Waals surface area (Å²) in [6.45, 7) is 2.08. The Bertz CT molecular complexity index is 646. The van der Waals surface area contributed by atoms with Crippen molar-refractivity contribution in [3.05, 3.63) is 72.1 Å². The van der Waals surface area contributed by atoms with E-state index in [0.717, 1.165) is 11.5 Å². The summed E-state index contributed by atoms with van der Waals surface area (Å²) >= 11 is 0. The van der Waals surface area contributed by atoms with Crippen molar-refractivity contribution < 1.29 is 0 Å². The minimum Gasteiger partial charge on any atom is -0.131 e. The number of rotatable bonds is 3. The lowest BCUT2D eigenvalue weighted by atomic mass is 10.0. The van der Waals surface area contributed by atoms with Crippen LogP contribution in [-0.4, -0.2) is 20.2 Å². The van der Waals surface area contributed by atoms with Crippen LogP contribution in [0.3, 0.4) is 0 Å². The van der Waals surface area contributed by atoms with Crippen LogP contribution < -0.4 is 0 Å². The summed E-state index contributed by atoms with van der Waals surface area (Å²) in [5.74, 6) is 0.869. The molecule has 0 amide bonds. The molecule has 0 aliphatic rings. The Hall–Kier alpha value is -2.49. The first-order valence-electron chi connectivity index (χ1n) is 6.25. The highest BCUT2D eigenvalue weighted by Gasteiger charge is 2.14. The molecule has 0 saturated carbocycles. The lowest BCUT2D eigenvalue weighted by molar-refractivity contribution is 0.715. The molecule has 1 aromatic heterocycles. The van der Waals surface area contributed by atoms with Crippen molar-refractivity contribution in [2.24, 2.45) is 0 Å². The van der Waals surface area contributed by atoms with Crippen molar-refractivity contribution in [2.75, 3.05) is 0 Å². The summed E-state index contributed by atoms with van der Waals surface area (Å²) in [5.41, 5.74) is 2.11. The first kappa shape index (κ1) is 11.6. The fraction of sp³-hybridized carbons (Fsp3) is 0.133. The lowest BCUT2D eigenvalue weighted by Crippen LogP contribution is -2.01. The third-order valence-electron chi connectivity index (χ3n) is 3.10. The van der Waals surface area contributed by atoms with Gasteiger partial charge >= 0.3 is 0 Å². The first-order chi connectivity index (χ1) is 9.34. The van der Waals surface area contributed by atoms with Crippen molar-refractivity contribution >= 4 is 0 Å². The summed E-state index contributed by atoms with van der Waals surface area (Å²) in [6.07, 6.45) is 0. The molecule has 3 rings (SSSR count). The van der Waals surface area contributed by atoms with Gasteiger partial charge in [-0.1, -0.05) is 55.5 Å². The SMILES string of the molecule is CC(c1ccccc1)c1nnn(-c2ccccc2)n1. The van der Waals surface area contributed by atoms with Gasteiger partial charge in [-0.3, -0.25) is 0 Å². The maximum atomic E-state index is 4.45. The van der Waals surface area contributed by atoms with E-state index in [1.54, 1.807) is 4.80 Å². The Balaban J connectivity index is 1.90. The molecular formula is C15H14N4. The Morgan fingerprint density at radius 2 is 1.53 bits per heavy atom. The number of hydrogen-bond acceptors (Lipinski definition) is 3. The van der Waals surface area contributed by atoms with E-state index in [0.29, 0.717) is 0 Å². The van der Waals surface area contributed by atoms with Gasteiger partial charge in [0, 0.05) is 5.92 Å². The van der Waals surface area contributed by atoms with Crippen LogP contribution in [0.4, 0.5) is 0 Å². The molecule has 4 heteroatoms. The Morgan fingerprint density at radius 1 is 0.895 bits per heavy atom. The second-order valence-electron chi connectivity index (χ2n) is 4.41. The third-order valence-corrected chi connectivity index (χ3v) is 3.10. The van der Waals surface area contributed by atoms with Gasteiger partial charge in [0.2, 0.25) is 0 Å². The predicted octanol–water partition coefficient (Wildman–Crippen LogP) is 2.81. The summed E-state index contributed by atoms with van der Waals surface area (Å²) in [6, 6.07) is 20.0. The van der Waals surface area contributed by atoms with Crippen molar-refractivity contribution in [1.29, 1.82) is 0 Å². The van der Waals surface area contributed by atoms with Gasteiger partial charge in [0.25, 0.3) is 0 Å². The highest BCUT2D eigenvalue weighted by Crippen LogP contribution is 2.20. The normalized spacial score (nSPS) is 12.3. The summed E-state index contributed by atoms with van der Waals surface area (Å²) < 4.78 is 0. The fourth-order valence-corrected chi connectivity index (χ4v) is 1.96. The Kier molecular flexibility index (Phi) is 3.06. The van der Waals surface area contributed by atoms with E-state index in [-0.39, 0.29) is 5.92 Å². The molecule has 0 bridgehead atoms. The van der Waals surface area contributed by atoms with Crippen molar-refractivity contribution in [2.45, 2.75) is 12.8 Å². The number of tetrazole rings is 1. The summed E-state index contributed by atoms with van der Waals surface area (Å²) in [5, 5.41) is 12.7. The van der Waals surface area contributed by atoms with Gasteiger partial charge in [-0.25, -0.2) is 0 Å². The maximum Gasteiger partial charge on any atom is 0.182 e. The van der Waals surface area contributed by atoms with Gasteiger partial charge in [0.05, 0.1) is 5.69 Å². The van der Waals surface area contributed by atoms with Crippen LogP contribution >= 0.6 is 0 Å². The van der Waals surface area contributed by atoms with Gasteiger partial charge in [0.15, 0.2) is 5.82 Å². The van der Waals surface area contributed by atoms with E-state index in [1.165, 1.54) is 5.56 Å². The zero-order chi connectivity index (χ0) is 13.1. The molecule has 1 unspecified atom stereocenters. The van der Waals surface area contributed by atoms with Crippen molar-refractivity contribution in [1.82, 2.24) is 20.2 Å². The molecular weight excluding hydrogens is 236 g/mol. The largest absolute Gasteiger partial charge is 0.182 e. The van der Waals surface area contributed by atoms with Crippen LogP contribution in [0, 0.1) is 0 Å². The van der Waals surface area contributed by atoms with Crippen LogP contribution in [0.1, 0.15) is 24.2 Å². The molecule has 0 aliphatic heterocycles. The molecule has 4 nitrogen and oxygen atoms in total. The minimum atomic E-state index is 0.138. The summed E-state index contributed by atoms with van der Waals surface area (Å²) in [4.78, 5) is 1.56. The van der Waals surface area contributed by atoms with Gasteiger partial charge in [-0.05, 0) is 22.9 Å². The summed E-state index contributed by atoms with van der Waals surface area (Å²) in [7, 11) is 0. The van der Waals surface area contributed by atoms with Crippen LogP contribution in [0.5, 0.6) is 0 Å². The standard InChI is InChI=1S/C15H14N4/c1-12(13-8-4-2-5-9-13)15-16-18-19(17-15)14-10-6-3-7-11-14/h2-12H,1H3. The van der Waals surface area contributed by atoms with E-state index in [9.17, 15) is 0 Å². The van der Waals surface area contributed by atoms with Crippen molar-refractivity contribution in [3.8, 4) is 5.69 Å². The molecule has 1 atom stereocenters. The minimum absolute atomic E-state index is 0.138. The average Bonchev–Trinajstić information content (AvgIpc) is 2.98. The number of para-hydroxylation sites is 1. The highest BCUT2D eigenvalue weighted by atomic mass is 15.6. The van der Waals surface area contributed by atoms with Gasteiger partial charge in [-0.15, -0.1) is 15.0 Å². The number of aromatic nitrogens is 4. The van der Waals surface area contributed by atoms with Gasteiger partial charge in [0.1, 0.15) is 0 Å². The van der Waals surface area contributed by atoms with E-state index in [4.69, 9.17) is 0 Å². The first-order valence-corrected chi connectivity index (χ1v) is 6.25. The van der Waals surface area contributed by atoms with Crippen molar-refractivity contribution in [3.63, 3.8) is 0 Å². The maximum absolute atomic E-state index is 4.45. The molecule has 3 aromatic rings. The topological polar surface area (TPSA) is 43.6 Å². The van der Waals surface area contributed by atoms with E-state index >= 15 is 0 Å². The van der Waals surface area contributed by atoms with Crippen LogP contribution in [0.25, 0.3) is 5.69 Å². The van der Waals surface area contributed by atoms with E-state index in [2.05, 4.69) is 34.5 Å². The number of benzene rings is 2. The third kappa shape index (κ3) is 2.38. The highest BCUT2D eigenvalue weighted by molar-refractivity contribution is 5.29. The molecule has 0 saturated heterocycles. The van der Waals surface area contributed by atoms with Gasteiger partial charge < -0.3 is 0 Å². The van der Waals surface area contributed by atoms with Crippen LogP contribution in [0.15, 0.2) is 60.7 Å². The number of hydrogen-bond donors (Lipinski definition) is 0. The fourth-order valence-electron chi connectivity index (χ4n) is 1.96. The molecule has 0 spiro atoms. The molecule has 1 heterocycles. The molecule has 19 heavy (non-hydrogen) atoms. The molecule has 0 fully saturated rings. The molecule has 2 aromatic carbocycles. The molecule has 0 N–H and O–H groups in total. The molecule has 0 radical (unpaired) electrons. The smallest absolute Gasteiger partial charge is 0.131 e. The zero-order valence-corrected chi connectivity index (χ0v) is 10.6. The lowest BCUT2D eigenvalue weighted by Gasteiger charge is -2.06. The van der Waals surface area contributed by atoms with Crippen LogP contribution in [0.2, 0.25) is 0 Å². The molecule has 0 aliphatic carbocycles. The monoisotopic (exact) mass is 250 g/mol. The Morgan fingerprint density at radius 3 is 2.21 bits per heavy atom. The second-order valence-corrected chi connectivity index (χ2v) is 4.41. The van der Waals surface area contributed by atoms with Crippen LogP contribution in [-0.2, 0) is 0 Å². The molecule has 94 valence electrons.